The molecule has 1 aromatic carbocycles. The number of aryl methyl sites for hydroxylation is 1. The quantitative estimate of drug-likeness (QED) is 0.928. The minimum Gasteiger partial charge on any atom is -0.495 e. The molecule has 0 saturated heterocycles. The molecule has 1 unspecified atom stereocenters. The van der Waals surface area contributed by atoms with Crippen molar-refractivity contribution in [2.75, 3.05) is 7.11 Å². The van der Waals surface area contributed by atoms with Crippen LogP contribution < -0.4 is 4.74 Å². The number of ether oxygens (including phenoxy) is 1. The van der Waals surface area contributed by atoms with Gasteiger partial charge in [-0.15, -0.1) is 0 Å². The number of aliphatic carboxylic acids is 1. The van der Waals surface area contributed by atoms with E-state index in [1.165, 1.54) is 11.1 Å². The van der Waals surface area contributed by atoms with Crippen molar-refractivity contribution < 1.29 is 14.6 Å². The van der Waals surface area contributed by atoms with Crippen LogP contribution in [0.25, 0.3) is 0 Å². The van der Waals surface area contributed by atoms with Crippen LogP contribution in [0.5, 0.6) is 5.75 Å². The molecule has 3 nitrogen and oxygen atoms in total. The van der Waals surface area contributed by atoms with Gasteiger partial charge in [0.05, 0.1) is 17.5 Å². The van der Waals surface area contributed by atoms with Crippen molar-refractivity contribution in [3.05, 3.63) is 27.2 Å². The first-order chi connectivity index (χ1) is 8.54. The third kappa shape index (κ3) is 2.39. The number of fused-ring (bicyclic) bond motifs is 1. The second-order valence-corrected chi connectivity index (χ2v) is 5.61. The number of methoxy groups -OCH3 is 1. The van der Waals surface area contributed by atoms with Crippen molar-refractivity contribution in [3.63, 3.8) is 0 Å². The topological polar surface area (TPSA) is 46.5 Å². The molecule has 18 heavy (non-hydrogen) atoms. The van der Waals surface area contributed by atoms with Gasteiger partial charge in [-0.1, -0.05) is 13.0 Å². The highest BCUT2D eigenvalue weighted by atomic mass is 79.9. The number of benzene rings is 1. The predicted octanol–water partition coefficient (Wildman–Crippen LogP) is 3.21. The fourth-order valence-electron chi connectivity index (χ4n) is 2.52. The van der Waals surface area contributed by atoms with Crippen molar-refractivity contribution in [2.24, 2.45) is 5.92 Å². The highest BCUT2D eigenvalue weighted by molar-refractivity contribution is 9.10. The molecular formula is C14H17BrO3. The van der Waals surface area contributed by atoms with Crippen LogP contribution in [-0.4, -0.2) is 18.2 Å². The second kappa shape index (κ2) is 5.31. The molecule has 0 spiro atoms. The van der Waals surface area contributed by atoms with Crippen LogP contribution in [0.2, 0.25) is 0 Å². The molecule has 1 aliphatic carbocycles. The lowest BCUT2D eigenvalue weighted by Gasteiger charge is -2.16. The molecule has 4 heteroatoms. The lowest BCUT2D eigenvalue weighted by atomic mass is 9.97. The molecule has 0 amide bonds. The predicted molar refractivity (Wildman–Crippen MR) is 73.2 cm³/mol. The van der Waals surface area contributed by atoms with E-state index < -0.39 is 11.9 Å². The van der Waals surface area contributed by atoms with E-state index in [0.29, 0.717) is 6.42 Å². The zero-order chi connectivity index (χ0) is 13.3. The largest absolute Gasteiger partial charge is 0.495 e. The third-order valence-corrected chi connectivity index (χ3v) is 4.36. The van der Waals surface area contributed by atoms with Crippen molar-refractivity contribution in [1.82, 2.24) is 0 Å². The Kier molecular flexibility index (Phi) is 3.95. The number of carbonyl (C=O) groups is 1. The Balaban J connectivity index is 2.40. The van der Waals surface area contributed by atoms with Crippen molar-refractivity contribution in [1.29, 1.82) is 0 Å². The summed E-state index contributed by atoms with van der Waals surface area (Å²) in [6.45, 7) is 1.73. The van der Waals surface area contributed by atoms with Gasteiger partial charge in [0.1, 0.15) is 5.75 Å². The smallest absolute Gasteiger partial charge is 0.306 e. The minimum absolute atomic E-state index is 0.398. The average Bonchev–Trinajstić information content (AvgIpc) is 2.77. The molecule has 1 N–H and O–H groups in total. The van der Waals surface area contributed by atoms with E-state index in [-0.39, 0.29) is 0 Å². The molecule has 98 valence electrons. The van der Waals surface area contributed by atoms with Gasteiger partial charge in [0.2, 0.25) is 0 Å². The van der Waals surface area contributed by atoms with E-state index in [0.717, 1.165) is 35.0 Å². The Morgan fingerprint density at radius 1 is 1.56 bits per heavy atom. The van der Waals surface area contributed by atoms with Crippen LogP contribution in [0.1, 0.15) is 30.0 Å². The Morgan fingerprint density at radius 3 is 2.89 bits per heavy atom. The molecule has 0 aromatic heterocycles. The van der Waals surface area contributed by atoms with Crippen LogP contribution in [0, 0.1) is 5.92 Å². The number of hydrogen-bond donors (Lipinski definition) is 1. The fourth-order valence-corrected chi connectivity index (χ4v) is 3.39. The highest BCUT2D eigenvalue weighted by Gasteiger charge is 2.22. The zero-order valence-corrected chi connectivity index (χ0v) is 12.2. The summed E-state index contributed by atoms with van der Waals surface area (Å²) < 4.78 is 6.45. The molecule has 0 fully saturated rings. The standard InChI is InChI=1S/C14H17BrO3/c1-8(14(16)17)6-10-7-9-4-3-5-11(9)12(15)13(10)18-2/h7-8H,3-6H2,1-2H3,(H,16,17). The van der Waals surface area contributed by atoms with Crippen LogP contribution in [0.3, 0.4) is 0 Å². The maximum absolute atomic E-state index is 11.0. The van der Waals surface area contributed by atoms with Crippen molar-refractivity contribution in [2.45, 2.75) is 32.6 Å². The average molecular weight is 313 g/mol. The number of rotatable bonds is 4. The minimum atomic E-state index is -0.770. The SMILES string of the molecule is COc1c(CC(C)C(=O)O)cc2c(c1Br)CCC2. The van der Waals surface area contributed by atoms with E-state index in [9.17, 15) is 4.79 Å². The van der Waals surface area contributed by atoms with Gasteiger partial charge in [0.15, 0.2) is 0 Å². The molecule has 1 aromatic rings. The summed E-state index contributed by atoms with van der Waals surface area (Å²) in [6, 6.07) is 2.12. The van der Waals surface area contributed by atoms with Crippen LogP contribution in [0.15, 0.2) is 10.5 Å². The van der Waals surface area contributed by atoms with Gasteiger partial charge < -0.3 is 9.84 Å². The highest BCUT2D eigenvalue weighted by Crippen LogP contribution is 2.39. The summed E-state index contributed by atoms with van der Waals surface area (Å²) in [5.74, 6) is -0.373. The number of halogens is 1. The van der Waals surface area contributed by atoms with Gasteiger partial charge in [-0.25, -0.2) is 0 Å². The van der Waals surface area contributed by atoms with Crippen LogP contribution in [0.4, 0.5) is 0 Å². The molecule has 2 rings (SSSR count). The second-order valence-electron chi connectivity index (χ2n) is 4.82. The van der Waals surface area contributed by atoms with Crippen LogP contribution in [-0.2, 0) is 24.1 Å². The molecule has 0 bridgehead atoms. The van der Waals surface area contributed by atoms with Gasteiger partial charge in [-0.2, -0.15) is 0 Å². The lowest BCUT2D eigenvalue weighted by Crippen LogP contribution is -2.13. The van der Waals surface area contributed by atoms with Gasteiger partial charge in [-0.05, 0) is 58.3 Å². The van der Waals surface area contributed by atoms with E-state index in [2.05, 4.69) is 22.0 Å². The van der Waals surface area contributed by atoms with E-state index in [1.807, 2.05) is 0 Å². The Bertz CT molecular complexity index is 482. The maximum atomic E-state index is 11.0. The first kappa shape index (κ1) is 13.4. The third-order valence-electron chi connectivity index (χ3n) is 3.52. The molecule has 1 atom stereocenters. The molecule has 1 aliphatic rings. The molecule has 0 heterocycles. The van der Waals surface area contributed by atoms with Gasteiger partial charge in [0.25, 0.3) is 0 Å². The van der Waals surface area contributed by atoms with Crippen molar-refractivity contribution in [3.8, 4) is 5.75 Å². The number of carboxylic acids is 1. The Morgan fingerprint density at radius 2 is 2.28 bits per heavy atom. The van der Waals surface area contributed by atoms with E-state index in [1.54, 1.807) is 14.0 Å². The molecule has 0 saturated carbocycles. The molecule has 0 radical (unpaired) electrons. The van der Waals surface area contributed by atoms with Crippen molar-refractivity contribution >= 4 is 21.9 Å². The van der Waals surface area contributed by atoms with Gasteiger partial charge in [-0.3, -0.25) is 4.79 Å². The van der Waals surface area contributed by atoms with Gasteiger partial charge in [0, 0.05) is 0 Å². The van der Waals surface area contributed by atoms with Gasteiger partial charge >= 0.3 is 5.97 Å². The Labute approximate surface area is 115 Å². The first-order valence-corrected chi connectivity index (χ1v) is 6.93. The van der Waals surface area contributed by atoms with E-state index in [4.69, 9.17) is 9.84 Å². The lowest BCUT2D eigenvalue weighted by molar-refractivity contribution is -0.141. The maximum Gasteiger partial charge on any atom is 0.306 e. The number of hydrogen-bond acceptors (Lipinski definition) is 2. The fraction of sp³-hybridized carbons (Fsp3) is 0.500. The summed E-state index contributed by atoms with van der Waals surface area (Å²) in [4.78, 5) is 11.0. The monoisotopic (exact) mass is 312 g/mol. The molecule has 0 aliphatic heterocycles. The molecular weight excluding hydrogens is 296 g/mol. The number of carboxylic acid groups (broad SMARTS) is 1. The van der Waals surface area contributed by atoms with Crippen LogP contribution >= 0.6 is 15.9 Å². The summed E-state index contributed by atoms with van der Waals surface area (Å²) in [7, 11) is 1.64. The summed E-state index contributed by atoms with van der Waals surface area (Å²) in [6.07, 6.45) is 3.81. The zero-order valence-electron chi connectivity index (χ0n) is 10.6. The summed E-state index contributed by atoms with van der Waals surface area (Å²) >= 11 is 3.60. The summed E-state index contributed by atoms with van der Waals surface area (Å²) in [5.41, 5.74) is 3.63. The first-order valence-electron chi connectivity index (χ1n) is 6.14. The normalized spacial score (nSPS) is 15.3. The Hall–Kier alpha value is -1.03. The summed E-state index contributed by atoms with van der Waals surface area (Å²) in [5, 5.41) is 9.02. The van der Waals surface area contributed by atoms with E-state index >= 15 is 0 Å².